The molecule has 6 heteroatoms. The predicted octanol–water partition coefficient (Wildman–Crippen LogP) is 3.59. The Labute approximate surface area is 169 Å². The van der Waals surface area contributed by atoms with Gasteiger partial charge < -0.3 is 14.4 Å². The topological polar surface area (TPSA) is 52.4 Å². The third kappa shape index (κ3) is 3.95. The van der Waals surface area contributed by atoms with E-state index in [1.54, 1.807) is 0 Å². The van der Waals surface area contributed by atoms with Gasteiger partial charge in [-0.3, -0.25) is 4.57 Å². The summed E-state index contributed by atoms with van der Waals surface area (Å²) in [6, 6.07) is 0. The highest BCUT2D eigenvalue weighted by atomic mass is 16.5. The van der Waals surface area contributed by atoms with Gasteiger partial charge in [0.1, 0.15) is 5.82 Å². The maximum absolute atomic E-state index is 5.97. The number of aryl methyl sites for hydroxylation is 1. The number of aromatic nitrogens is 3. The minimum absolute atomic E-state index is 0.328. The molecule has 6 nitrogen and oxygen atoms in total. The molecule has 0 radical (unpaired) electrons. The van der Waals surface area contributed by atoms with Crippen LogP contribution in [0.2, 0.25) is 0 Å². The Balaban J connectivity index is 1.31. The van der Waals surface area contributed by atoms with Crippen molar-refractivity contribution in [2.45, 2.75) is 83.3 Å². The van der Waals surface area contributed by atoms with E-state index in [-0.39, 0.29) is 0 Å². The molecule has 2 atom stereocenters. The summed E-state index contributed by atoms with van der Waals surface area (Å²) < 4.78 is 14.1. The van der Waals surface area contributed by atoms with Gasteiger partial charge >= 0.3 is 0 Å². The van der Waals surface area contributed by atoms with Gasteiger partial charge in [0.15, 0.2) is 0 Å². The quantitative estimate of drug-likeness (QED) is 0.745. The third-order valence-electron chi connectivity index (χ3n) is 7.63. The zero-order valence-corrected chi connectivity index (χ0v) is 17.3. The minimum Gasteiger partial charge on any atom is -0.381 e. The highest BCUT2D eigenvalue weighted by Crippen LogP contribution is 2.40. The van der Waals surface area contributed by atoms with Gasteiger partial charge in [-0.2, -0.15) is 0 Å². The van der Waals surface area contributed by atoms with Crippen molar-refractivity contribution in [1.82, 2.24) is 14.8 Å². The summed E-state index contributed by atoms with van der Waals surface area (Å²) in [5, 5.41) is 9.39. The first-order valence-corrected chi connectivity index (χ1v) is 11.7. The average Bonchev–Trinajstić information content (AvgIpc) is 3.52. The van der Waals surface area contributed by atoms with Crippen LogP contribution in [0, 0.1) is 11.3 Å². The lowest BCUT2D eigenvalue weighted by atomic mass is 9.86. The maximum Gasteiger partial charge on any atom is 0.227 e. The van der Waals surface area contributed by atoms with Crippen molar-refractivity contribution in [1.29, 1.82) is 0 Å². The van der Waals surface area contributed by atoms with E-state index in [9.17, 15) is 0 Å². The van der Waals surface area contributed by atoms with Crippen LogP contribution in [0.25, 0.3) is 0 Å². The van der Waals surface area contributed by atoms with E-state index >= 15 is 0 Å². The van der Waals surface area contributed by atoms with Crippen LogP contribution in [0.15, 0.2) is 0 Å². The molecule has 1 aromatic heterocycles. The summed E-state index contributed by atoms with van der Waals surface area (Å²) in [5.41, 5.74) is 0.350. The standard InChI is InChI=1S/C22H36N4O2/c1-2-5-18(6-3-1)8-9-20-23-24-21(26(20)15-19-7-4-13-28-19)25-12-10-22(16-25)11-14-27-17-22/h18-19H,1-17H2/t19-,22-/m0/s1. The number of rotatable bonds is 6. The van der Waals surface area contributed by atoms with Crippen molar-refractivity contribution >= 4 is 5.95 Å². The molecule has 3 saturated heterocycles. The van der Waals surface area contributed by atoms with Gasteiger partial charge in [0.05, 0.1) is 19.3 Å². The van der Waals surface area contributed by atoms with E-state index in [1.165, 1.54) is 63.6 Å². The number of hydrogen-bond donors (Lipinski definition) is 0. The number of hydrogen-bond acceptors (Lipinski definition) is 5. The Morgan fingerprint density at radius 1 is 1.00 bits per heavy atom. The lowest BCUT2D eigenvalue weighted by molar-refractivity contribution is 0.0963. The van der Waals surface area contributed by atoms with Crippen molar-refractivity contribution in [3.63, 3.8) is 0 Å². The molecule has 3 aliphatic heterocycles. The van der Waals surface area contributed by atoms with Gasteiger partial charge in [-0.25, -0.2) is 0 Å². The second kappa shape index (κ2) is 8.31. The van der Waals surface area contributed by atoms with Crippen molar-refractivity contribution in [2.24, 2.45) is 11.3 Å². The molecule has 0 amide bonds. The Morgan fingerprint density at radius 2 is 1.93 bits per heavy atom. The Kier molecular flexibility index (Phi) is 5.60. The molecule has 156 valence electrons. The molecule has 0 bridgehead atoms. The Morgan fingerprint density at radius 3 is 2.71 bits per heavy atom. The van der Waals surface area contributed by atoms with E-state index in [4.69, 9.17) is 14.6 Å². The maximum atomic E-state index is 5.97. The lowest BCUT2D eigenvalue weighted by Gasteiger charge is -2.24. The average molecular weight is 389 g/mol. The van der Waals surface area contributed by atoms with Crippen molar-refractivity contribution in [2.75, 3.05) is 37.8 Å². The van der Waals surface area contributed by atoms with Crippen LogP contribution in [0.5, 0.6) is 0 Å². The highest BCUT2D eigenvalue weighted by molar-refractivity contribution is 5.34. The summed E-state index contributed by atoms with van der Waals surface area (Å²) in [6.07, 6.45) is 14.5. The predicted molar refractivity (Wildman–Crippen MR) is 109 cm³/mol. The molecule has 0 N–H and O–H groups in total. The number of ether oxygens (including phenoxy) is 2. The summed E-state index contributed by atoms with van der Waals surface area (Å²) >= 11 is 0. The molecule has 1 spiro atoms. The first-order valence-electron chi connectivity index (χ1n) is 11.7. The van der Waals surface area contributed by atoms with Gasteiger partial charge in [0, 0.05) is 38.1 Å². The van der Waals surface area contributed by atoms with Crippen LogP contribution < -0.4 is 4.90 Å². The molecule has 0 unspecified atom stereocenters. The molecule has 0 aromatic carbocycles. The van der Waals surface area contributed by atoms with Crippen LogP contribution in [0.1, 0.15) is 70.0 Å². The van der Waals surface area contributed by atoms with E-state index in [1.807, 2.05) is 0 Å². The first kappa shape index (κ1) is 18.9. The normalized spacial score (nSPS) is 31.4. The van der Waals surface area contributed by atoms with E-state index in [0.29, 0.717) is 11.5 Å². The molecule has 1 aromatic rings. The second-order valence-corrected chi connectivity index (χ2v) is 9.68. The van der Waals surface area contributed by atoms with Crippen LogP contribution >= 0.6 is 0 Å². The summed E-state index contributed by atoms with van der Waals surface area (Å²) in [6.45, 7) is 5.81. The minimum atomic E-state index is 0.328. The highest BCUT2D eigenvalue weighted by Gasteiger charge is 2.42. The fourth-order valence-electron chi connectivity index (χ4n) is 5.81. The summed E-state index contributed by atoms with van der Waals surface area (Å²) in [7, 11) is 0. The van der Waals surface area contributed by atoms with Gasteiger partial charge in [-0.05, 0) is 38.0 Å². The zero-order chi connectivity index (χ0) is 18.8. The van der Waals surface area contributed by atoms with Crippen molar-refractivity contribution in [3.8, 4) is 0 Å². The zero-order valence-electron chi connectivity index (χ0n) is 17.3. The molecule has 5 rings (SSSR count). The number of nitrogens with zero attached hydrogens (tertiary/aromatic N) is 4. The summed E-state index contributed by atoms with van der Waals surface area (Å²) in [5.74, 6) is 3.15. The monoisotopic (exact) mass is 388 g/mol. The van der Waals surface area contributed by atoms with Crippen molar-refractivity contribution in [3.05, 3.63) is 5.82 Å². The van der Waals surface area contributed by atoms with Gasteiger partial charge in [-0.1, -0.05) is 32.1 Å². The smallest absolute Gasteiger partial charge is 0.227 e. The molecule has 4 heterocycles. The van der Waals surface area contributed by atoms with Crippen LogP contribution in [0.3, 0.4) is 0 Å². The molecular weight excluding hydrogens is 352 g/mol. The van der Waals surface area contributed by atoms with Crippen LogP contribution in [-0.4, -0.2) is 53.8 Å². The Bertz CT molecular complexity index is 643. The van der Waals surface area contributed by atoms with E-state index in [2.05, 4.69) is 14.6 Å². The van der Waals surface area contributed by atoms with Gasteiger partial charge in [0.2, 0.25) is 5.95 Å². The lowest BCUT2D eigenvalue weighted by Crippen LogP contribution is -2.30. The fourth-order valence-corrected chi connectivity index (χ4v) is 5.81. The largest absolute Gasteiger partial charge is 0.381 e. The second-order valence-electron chi connectivity index (χ2n) is 9.68. The van der Waals surface area contributed by atoms with Gasteiger partial charge in [-0.15, -0.1) is 10.2 Å². The Hall–Kier alpha value is -1.14. The molecule has 1 saturated carbocycles. The summed E-state index contributed by atoms with van der Waals surface area (Å²) in [4.78, 5) is 2.47. The molecule has 1 aliphatic carbocycles. The van der Waals surface area contributed by atoms with E-state index in [0.717, 1.165) is 64.2 Å². The molecular formula is C22H36N4O2. The molecule has 4 fully saturated rings. The van der Waals surface area contributed by atoms with Crippen molar-refractivity contribution < 1.29 is 9.47 Å². The number of anilines is 1. The van der Waals surface area contributed by atoms with E-state index < -0.39 is 0 Å². The fraction of sp³-hybridized carbons (Fsp3) is 0.909. The first-order chi connectivity index (χ1) is 13.8. The molecule has 4 aliphatic rings. The SMILES string of the molecule is C1CCC(CCc2nnc(N3CC[C@]4(CCOC4)C3)n2C[C@@H]2CCCO2)CC1. The third-order valence-corrected chi connectivity index (χ3v) is 7.63. The molecule has 28 heavy (non-hydrogen) atoms. The van der Waals surface area contributed by atoms with Gasteiger partial charge in [0.25, 0.3) is 0 Å². The van der Waals surface area contributed by atoms with Crippen LogP contribution in [-0.2, 0) is 22.4 Å². The van der Waals surface area contributed by atoms with Crippen LogP contribution in [0.4, 0.5) is 5.95 Å².